The van der Waals surface area contributed by atoms with Crippen molar-refractivity contribution in [2.45, 2.75) is 25.0 Å². The Bertz CT molecular complexity index is 854. The van der Waals surface area contributed by atoms with Crippen LogP contribution in [0.25, 0.3) is 0 Å². The smallest absolute Gasteiger partial charge is 0.252 e. The standard InChI is InChI=1S/C19H15NO2/c21-17-9-10-3-1-2-4-12(10)18(17)20-19(22)14-6-5-13-15-7-11(15)8-16(13)14/h1-6,8,17-18,21H,7,9H2,(H,20,22)/t17-,18-/m1/s1. The lowest BCUT2D eigenvalue weighted by atomic mass is 10.0. The highest BCUT2D eigenvalue weighted by molar-refractivity contribution is 6.02. The lowest BCUT2D eigenvalue weighted by Crippen LogP contribution is -2.34. The van der Waals surface area contributed by atoms with Crippen LogP contribution in [-0.2, 0) is 11.2 Å². The molecular formula is C19H15NO2. The number of hydrogen-bond donors (Lipinski definition) is 2. The van der Waals surface area contributed by atoms with E-state index in [-0.39, 0.29) is 11.9 Å². The first-order chi connectivity index (χ1) is 10.7. The Kier molecular flexibility index (Phi) is 2.26. The van der Waals surface area contributed by atoms with Crippen molar-refractivity contribution in [2.24, 2.45) is 0 Å². The molecule has 0 bridgehead atoms. The van der Waals surface area contributed by atoms with Crippen LogP contribution < -0.4 is 5.32 Å². The van der Waals surface area contributed by atoms with Gasteiger partial charge in [0, 0.05) is 12.0 Å². The summed E-state index contributed by atoms with van der Waals surface area (Å²) in [6.07, 6.45) is 7.18. The Morgan fingerprint density at radius 3 is 2.95 bits per heavy atom. The van der Waals surface area contributed by atoms with E-state index in [0.717, 1.165) is 28.7 Å². The predicted octanol–water partition coefficient (Wildman–Crippen LogP) is 2.27. The minimum atomic E-state index is -0.550. The van der Waals surface area contributed by atoms with Gasteiger partial charge >= 0.3 is 0 Å². The zero-order valence-corrected chi connectivity index (χ0v) is 12.0. The summed E-state index contributed by atoms with van der Waals surface area (Å²) in [4.78, 5) is 12.6. The summed E-state index contributed by atoms with van der Waals surface area (Å²) >= 11 is 0. The van der Waals surface area contributed by atoms with E-state index < -0.39 is 6.10 Å². The van der Waals surface area contributed by atoms with Crippen LogP contribution in [0, 0.1) is 0 Å². The number of amides is 1. The lowest BCUT2D eigenvalue weighted by molar-refractivity contribution is -0.118. The molecule has 0 aliphatic heterocycles. The van der Waals surface area contributed by atoms with Gasteiger partial charge in [0.15, 0.2) is 0 Å². The fourth-order valence-electron chi connectivity index (χ4n) is 3.80. The van der Waals surface area contributed by atoms with Gasteiger partial charge < -0.3 is 10.4 Å². The molecule has 3 nitrogen and oxygen atoms in total. The van der Waals surface area contributed by atoms with Crippen molar-refractivity contribution in [1.29, 1.82) is 0 Å². The molecule has 1 aromatic rings. The molecule has 22 heavy (non-hydrogen) atoms. The van der Waals surface area contributed by atoms with E-state index in [2.05, 4.69) is 11.4 Å². The third kappa shape index (κ3) is 1.57. The first-order valence-corrected chi connectivity index (χ1v) is 7.66. The summed E-state index contributed by atoms with van der Waals surface area (Å²) in [5.41, 5.74) is 7.89. The van der Waals surface area contributed by atoms with Crippen molar-refractivity contribution in [1.82, 2.24) is 5.32 Å². The molecule has 1 saturated carbocycles. The number of aliphatic hydroxyl groups excluding tert-OH is 1. The van der Waals surface area contributed by atoms with Crippen molar-refractivity contribution in [3.8, 4) is 0 Å². The number of benzene rings is 1. The normalized spacial score (nSPS) is 26.9. The maximum Gasteiger partial charge on any atom is 0.252 e. The van der Waals surface area contributed by atoms with Crippen LogP contribution in [0.3, 0.4) is 0 Å². The minimum absolute atomic E-state index is 0.0965. The molecule has 1 aromatic carbocycles. The molecule has 4 aliphatic rings. The molecule has 0 unspecified atom stereocenters. The molecule has 0 spiro atoms. The van der Waals surface area contributed by atoms with E-state index in [0.29, 0.717) is 6.42 Å². The van der Waals surface area contributed by atoms with Gasteiger partial charge in [-0.1, -0.05) is 30.3 Å². The molecule has 108 valence electrons. The average molecular weight is 289 g/mol. The van der Waals surface area contributed by atoms with Gasteiger partial charge in [-0.2, -0.15) is 0 Å². The molecule has 3 heteroatoms. The number of aliphatic hydroxyl groups is 1. The maximum absolute atomic E-state index is 12.6. The predicted molar refractivity (Wildman–Crippen MR) is 82.9 cm³/mol. The third-order valence-corrected chi connectivity index (χ3v) is 5.01. The van der Waals surface area contributed by atoms with Crippen LogP contribution in [0.15, 0.2) is 70.4 Å². The van der Waals surface area contributed by atoms with Crippen LogP contribution in [-0.4, -0.2) is 17.1 Å². The maximum atomic E-state index is 12.6. The number of carbonyl (C=O) groups is 1. The van der Waals surface area contributed by atoms with Crippen molar-refractivity contribution in [3.63, 3.8) is 0 Å². The molecule has 0 saturated heterocycles. The van der Waals surface area contributed by atoms with Crippen LogP contribution in [0.1, 0.15) is 23.6 Å². The van der Waals surface area contributed by atoms with Gasteiger partial charge in [-0.15, -0.1) is 0 Å². The molecule has 0 radical (unpaired) electrons. The Balaban J connectivity index is 1.45. The van der Waals surface area contributed by atoms with Crippen molar-refractivity contribution in [2.75, 3.05) is 0 Å². The third-order valence-electron chi connectivity index (χ3n) is 5.01. The quantitative estimate of drug-likeness (QED) is 0.877. The van der Waals surface area contributed by atoms with Gasteiger partial charge in [0.25, 0.3) is 5.91 Å². The van der Waals surface area contributed by atoms with Crippen molar-refractivity contribution >= 4 is 5.91 Å². The molecular weight excluding hydrogens is 274 g/mol. The SMILES string of the molecule is O=C(N[C@@H]1c2ccccc2C[C@H]1O)C1=C2C=C3CC3=C2C=C1. The summed E-state index contributed by atoms with van der Waals surface area (Å²) in [7, 11) is 0. The summed E-state index contributed by atoms with van der Waals surface area (Å²) in [6.45, 7) is 0. The summed E-state index contributed by atoms with van der Waals surface area (Å²) < 4.78 is 0. The van der Waals surface area contributed by atoms with Gasteiger partial charge in [0.05, 0.1) is 12.1 Å². The van der Waals surface area contributed by atoms with Gasteiger partial charge in [-0.05, 0) is 52.0 Å². The van der Waals surface area contributed by atoms with E-state index in [1.165, 1.54) is 16.7 Å². The molecule has 2 N–H and O–H groups in total. The van der Waals surface area contributed by atoms with Crippen molar-refractivity contribution in [3.05, 3.63) is 81.5 Å². The van der Waals surface area contributed by atoms with Gasteiger partial charge in [-0.3, -0.25) is 4.79 Å². The Hall–Kier alpha value is -2.39. The molecule has 0 heterocycles. The van der Waals surface area contributed by atoms with Gasteiger partial charge in [0.1, 0.15) is 0 Å². The van der Waals surface area contributed by atoms with E-state index in [1.807, 2.05) is 36.4 Å². The van der Waals surface area contributed by atoms with Crippen LogP contribution in [0.2, 0.25) is 0 Å². The molecule has 5 rings (SSSR count). The van der Waals surface area contributed by atoms with Crippen LogP contribution in [0.5, 0.6) is 0 Å². The largest absolute Gasteiger partial charge is 0.390 e. The van der Waals surface area contributed by atoms with Crippen molar-refractivity contribution < 1.29 is 9.90 Å². The second-order valence-electron chi connectivity index (χ2n) is 6.32. The summed E-state index contributed by atoms with van der Waals surface area (Å²) in [6, 6.07) is 7.60. The first kappa shape index (κ1) is 12.2. The fraction of sp³-hybridized carbons (Fsp3) is 0.211. The van der Waals surface area contributed by atoms with E-state index in [1.54, 1.807) is 0 Å². The zero-order valence-electron chi connectivity index (χ0n) is 12.0. The average Bonchev–Trinajstić information content (AvgIpc) is 2.87. The molecule has 2 atom stereocenters. The Morgan fingerprint density at radius 1 is 1.18 bits per heavy atom. The first-order valence-electron chi connectivity index (χ1n) is 7.66. The zero-order chi connectivity index (χ0) is 14.8. The Labute approximate surface area is 128 Å². The molecule has 0 aromatic heterocycles. The highest BCUT2D eigenvalue weighted by Crippen LogP contribution is 2.51. The number of carbonyl (C=O) groups excluding carboxylic acids is 1. The second-order valence-corrected chi connectivity index (χ2v) is 6.32. The summed E-state index contributed by atoms with van der Waals surface area (Å²) in [5.74, 6) is -0.0965. The topological polar surface area (TPSA) is 49.3 Å². The number of hydrogen-bond acceptors (Lipinski definition) is 2. The summed E-state index contributed by atoms with van der Waals surface area (Å²) in [5, 5.41) is 13.3. The van der Waals surface area contributed by atoms with Gasteiger partial charge in [-0.25, -0.2) is 0 Å². The molecule has 1 amide bonds. The van der Waals surface area contributed by atoms with E-state index in [9.17, 15) is 9.90 Å². The highest BCUT2D eigenvalue weighted by Gasteiger charge is 2.37. The number of rotatable bonds is 2. The van der Waals surface area contributed by atoms with Crippen LogP contribution >= 0.6 is 0 Å². The second kappa shape index (κ2) is 4.08. The monoisotopic (exact) mass is 289 g/mol. The number of fused-ring (bicyclic) bond motifs is 3. The van der Waals surface area contributed by atoms with Crippen LogP contribution in [0.4, 0.5) is 0 Å². The highest BCUT2D eigenvalue weighted by atomic mass is 16.3. The molecule has 4 aliphatic carbocycles. The van der Waals surface area contributed by atoms with E-state index in [4.69, 9.17) is 0 Å². The van der Waals surface area contributed by atoms with Gasteiger partial charge in [0.2, 0.25) is 0 Å². The van der Waals surface area contributed by atoms with E-state index >= 15 is 0 Å². The number of nitrogens with one attached hydrogen (secondary N) is 1. The molecule has 1 fully saturated rings. The lowest BCUT2D eigenvalue weighted by Gasteiger charge is -2.18. The fourth-order valence-corrected chi connectivity index (χ4v) is 3.80. The minimum Gasteiger partial charge on any atom is -0.390 e. The Morgan fingerprint density at radius 2 is 2.05 bits per heavy atom. The number of allylic oxidation sites excluding steroid dienone is 6.